The van der Waals surface area contributed by atoms with Crippen molar-refractivity contribution in [1.29, 1.82) is 0 Å². The summed E-state index contributed by atoms with van der Waals surface area (Å²) < 4.78 is 4.69. The number of H-pyrrole nitrogens is 1. The Bertz CT molecular complexity index is 321. The normalized spacial score (nSPS) is 9.67. The van der Waals surface area contributed by atoms with Crippen molar-refractivity contribution in [2.24, 2.45) is 0 Å². The highest BCUT2D eigenvalue weighted by Gasteiger charge is 2.07. The van der Waals surface area contributed by atoms with E-state index in [1.807, 2.05) is 0 Å². The number of carbonyl (C=O) groups is 2. The van der Waals surface area contributed by atoms with Crippen LogP contribution < -0.4 is 5.32 Å². The van der Waals surface area contributed by atoms with Gasteiger partial charge >= 0.3 is 5.97 Å². The molecular formula is C9H13N3O3. The molecule has 6 nitrogen and oxygen atoms in total. The van der Waals surface area contributed by atoms with Crippen molar-refractivity contribution in [1.82, 2.24) is 10.2 Å². The number of aromatic amines is 1. The van der Waals surface area contributed by atoms with Crippen molar-refractivity contribution >= 4 is 17.6 Å². The fraction of sp³-hybridized carbons (Fsp3) is 0.444. The van der Waals surface area contributed by atoms with Crippen molar-refractivity contribution in [2.75, 3.05) is 11.9 Å². The van der Waals surface area contributed by atoms with Crippen LogP contribution in [-0.2, 0) is 14.3 Å². The average molecular weight is 211 g/mol. The van der Waals surface area contributed by atoms with Gasteiger partial charge < -0.3 is 10.1 Å². The molecular weight excluding hydrogens is 198 g/mol. The molecule has 0 spiro atoms. The number of aromatic nitrogens is 2. The predicted molar refractivity (Wildman–Crippen MR) is 53.1 cm³/mol. The quantitative estimate of drug-likeness (QED) is 0.702. The van der Waals surface area contributed by atoms with E-state index in [0.717, 1.165) is 0 Å². The second kappa shape index (κ2) is 5.79. The van der Waals surface area contributed by atoms with Gasteiger partial charge in [0.15, 0.2) is 0 Å². The fourth-order valence-electron chi connectivity index (χ4n) is 0.991. The minimum Gasteiger partial charge on any atom is -0.466 e. The van der Waals surface area contributed by atoms with E-state index in [4.69, 9.17) is 4.74 Å². The third kappa shape index (κ3) is 4.26. The van der Waals surface area contributed by atoms with E-state index < -0.39 is 0 Å². The number of hydrogen-bond donors (Lipinski definition) is 2. The SMILES string of the molecule is CCOC(=O)CCC(=O)Nc1cn[nH]c1. The number of rotatable bonds is 5. The third-order valence-corrected chi connectivity index (χ3v) is 1.64. The summed E-state index contributed by atoms with van der Waals surface area (Å²) in [5, 5.41) is 8.81. The van der Waals surface area contributed by atoms with Gasteiger partial charge in [0.05, 0.1) is 24.9 Å². The first-order chi connectivity index (χ1) is 7.22. The van der Waals surface area contributed by atoms with Crippen LogP contribution in [-0.4, -0.2) is 28.7 Å². The van der Waals surface area contributed by atoms with Crippen molar-refractivity contribution in [3.63, 3.8) is 0 Å². The Morgan fingerprint density at radius 2 is 2.33 bits per heavy atom. The number of hydrogen-bond acceptors (Lipinski definition) is 4. The Morgan fingerprint density at radius 1 is 1.53 bits per heavy atom. The molecule has 82 valence electrons. The monoisotopic (exact) mass is 211 g/mol. The van der Waals surface area contributed by atoms with Crippen LogP contribution in [0.4, 0.5) is 5.69 Å². The predicted octanol–water partition coefficient (Wildman–Crippen LogP) is 0.691. The lowest BCUT2D eigenvalue weighted by Crippen LogP contribution is -2.14. The van der Waals surface area contributed by atoms with E-state index in [1.165, 1.54) is 6.20 Å². The molecule has 0 saturated carbocycles. The van der Waals surface area contributed by atoms with E-state index in [-0.39, 0.29) is 24.7 Å². The van der Waals surface area contributed by atoms with Gasteiger partial charge in [-0.15, -0.1) is 0 Å². The summed E-state index contributed by atoms with van der Waals surface area (Å²) in [6, 6.07) is 0. The van der Waals surface area contributed by atoms with Crippen molar-refractivity contribution < 1.29 is 14.3 Å². The van der Waals surface area contributed by atoms with Gasteiger partial charge in [-0.1, -0.05) is 0 Å². The second-order valence-electron chi connectivity index (χ2n) is 2.84. The Kier molecular flexibility index (Phi) is 4.33. The van der Waals surface area contributed by atoms with E-state index in [9.17, 15) is 9.59 Å². The molecule has 1 aromatic heterocycles. The summed E-state index contributed by atoms with van der Waals surface area (Å²) in [5.41, 5.74) is 0.587. The van der Waals surface area contributed by atoms with E-state index in [0.29, 0.717) is 12.3 Å². The number of amides is 1. The molecule has 0 unspecified atom stereocenters. The first-order valence-electron chi connectivity index (χ1n) is 4.66. The van der Waals surface area contributed by atoms with Crippen molar-refractivity contribution in [3.05, 3.63) is 12.4 Å². The molecule has 1 rings (SSSR count). The molecule has 1 aromatic rings. The van der Waals surface area contributed by atoms with E-state index in [2.05, 4.69) is 15.5 Å². The van der Waals surface area contributed by atoms with E-state index in [1.54, 1.807) is 13.1 Å². The maximum absolute atomic E-state index is 11.3. The molecule has 0 aromatic carbocycles. The summed E-state index contributed by atoms with van der Waals surface area (Å²) >= 11 is 0. The third-order valence-electron chi connectivity index (χ3n) is 1.64. The molecule has 0 atom stereocenters. The smallest absolute Gasteiger partial charge is 0.306 e. The van der Waals surface area contributed by atoms with Gasteiger partial charge in [-0.05, 0) is 6.92 Å². The highest BCUT2D eigenvalue weighted by molar-refractivity contribution is 5.92. The molecule has 0 aliphatic carbocycles. The van der Waals surface area contributed by atoms with Gasteiger partial charge in [-0.3, -0.25) is 14.7 Å². The van der Waals surface area contributed by atoms with Gasteiger partial charge in [-0.2, -0.15) is 5.10 Å². The van der Waals surface area contributed by atoms with Gasteiger partial charge in [-0.25, -0.2) is 0 Å². The molecule has 0 aliphatic heterocycles. The first kappa shape index (κ1) is 11.2. The van der Waals surface area contributed by atoms with Gasteiger partial charge in [0, 0.05) is 12.6 Å². The molecule has 15 heavy (non-hydrogen) atoms. The second-order valence-corrected chi connectivity index (χ2v) is 2.84. The summed E-state index contributed by atoms with van der Waals surface area (Å²) in [7, 11) is 0. The highest BCUT2D eigenvalue weighted by atomic mass is 16.5. The Labute approximate surface area is 87.0 Å². The topological polar surface area (TPSA) is 84.1 Å². The minimum atomic E-state index is -0.361. The Hall–Kier alpha value is -1.85. The lowest BCUT2D eigenvalue weighted by atomic mass is 10.3. The van der Waals surface area contributed by atoms with Gasteiger partial charge in [0.2, 0.25) is 5.91 Å². The Morgan fingerprint density at radius 3 is 2.93 bits per heavy atom. The van der Waals surface area contributed by atoms with Crippen LogP contribution in [0.3, 0.4) is 0 Å². The first-order valence-corrected chi connectivity index (χ1v) is 4.66. The molecule has 0 bridgehead atoms. The number of nitrogens with zero attached hydrogens (tertiary/aromatic N) is 1. The maximum Gasteiger partial charge on any atom is 0.306 e. The van der Waals surface area contributed by atoms with Crippen LogP contribution in [0.1, 0.15) is 19.8 Å². The van der Waals surface area contributed by atoms with Crippen molar-refractivity contribution in [2.45, 2.75) is 19.8 Å². The van der Waals surface area contributed by atoms with E-state index >= 15 is 0 Å². The molecule has 0 saturated heterocycles. The van der Waals surface area contributed by atoms with Gasteiger partial charge in [0.1, 0.15) is 0 Å². The lowest BCUT2D eigenvalue weighted by Gasteiger charge is -2.02. The van der Waals surface area contributed by atoms with Crippen LogP contribution in [0.5, 0.6) is 0 Å². The number of anilines is 1. The lowest BCUT2D eigenvalue weighted by molar-refractivity contribution is -0.144. The minimum absolute atomic E-state index is 0.0948. The maximum atomic E-state index is 11.3. The Balaban J connectivity index is 2.22. The molecule has 1 heterocycles. The molecule has 2 N–H and O–H groups in total. The molecule has 0 radical (unpaired) electrons. The van der Waals surface area contributed by atoms with Crippen LogP contribution >= 0.6 is 0 Å². The standard InChI is InChI=1S/C9H13N3O3/c1-2-15-9(14)4-3-8(13)12-7-5-10-11-6-7/h5-6H,2-4H2,1H3,(H,10,11)(H,12,13). The number of nitrogens with one attached hydrogen (secondary N) is 2. The van der Waals surface area contributed by atoms with Crippen LogP contribution in [0.25, 0.3) is 0 Å². The zero-order chi connectivity index (χ0) is 11.1. The molecule has 6 heteroatoms. The zero-order valence-electron chi connectivity index (χ0n) is 8.45. The van der Waals surface area contributed by atoms with Crippen molar-refractivity contribution in [3.8, 4) is 0 Å². The summed E-state index contributed by atoms with van der Waals surface area (Å²) in [6.45, 7) is 2.06. The number of esters is 1. The molecule has 1 amide bonds. The largest absolute Gasteiger partial charge is 0.466 e. The van der Waals surface area contributed by atoms with Crippen LogP contribution in [0.2, 0.25) is 0 Å². The molecule has 0 aliphatic rings. The van der Waals surface area contributed by atoms with Crippen LogP contribution in [0.15, 0.2) is 12.4 Å². The molecule has 0 fully saturated rings. The van der Waals surface area contributed by atoms with Gasteiger partial charge in [0.25, 0.3) is 0 Å². The zero-order valence-corrected chi connectivity index (χ0v) is 8.45. The number of ether oxygens (including phenoxy) is 1. The average Bonchev–Trinajstić information content (AvgIpc) is 2.68. The van der Waals surface area contributed by atoms with Crippen LogP contribution in [0, 0.1) is 0 Å². The number of carbonyl (C=O) groups excluding carboxylic acids is 2. The summed E-state index contributed by atoms with van der Waals surface area (Å²) in [5.74, 6) is -0.593. The summed E-state index contributed by atoms with van der Waals surface area (Å²) in [6.07, 6.45) is 3.26. The highest BCUT2D eigenvalue weighted by Crippen LogP contribution is 2.03. The fourth-order valence-corrected chi connectivity index (χ4v) is 0.991. The summed E-state index contributed by atoms with van der Waals surface area (Å²) in [4.78, 5) is 22.2.